The Balaban J connectivity index is 2.11. The molecule has 1 amide bonds. The molecule has 16 heavy (non-hydrogen) atoms. The minimum absolute atomic E-state index is 0.0957. The van der Waals surface area contributed by atoms with Crippen LogP contribution in [-0.2, 0) is 4.79 Å². The summed E-state index contributed by atoms with van der Waals surface area (Å²) in [5.41, 5.74) is 0. The normalized spacial score (nSPS) is 20.8. The fourth-order valence-corrected chi connectivity index (χ4v) is 3.18. The van der Waals surface area contributed by atoms with Gasteiger partial charge in [-0.3, -0.25) is 10.1 Å². The van der Waals surface area contributed by atoms with Gasteiger partial charge in [-0.15, -0.1) is 11.3 Å². The van der Waals surface area contributed by atoms with E-state index in [1.54, 1.807) is 23.1 Å². The van der Waals surface area contributed by atoms with Crippen LogP contribution < -0.4 is 5.32 Å². The summed E-state index contributed by atoms with van der Waals surface area (Å²) in [6.45, 7) is 3.39. The van der Waals surface area contributed by atoms with E-state index in [9.17, 15) is 4.79 Å². The maximum Gasteiger partial charge on any atom is 0.238 e. The van der Waals surface area contributed by atoms with E-state index in [0.29, 0.717) is 6.54 Å². The van der Waals surface area contributed by atoms with Crippen molar-refractivity contribution in [2.75, 3.05) is 25.1 Å². The Morgan fingerprint density at radius 2 is 2.44 bits per heavy atom. The first-order chi connectivity index (χ1) is 7.72. The number of nitrogens with one attached hydrogen (secondary N) is 1. The van der Waals surface area contributed by atoms with E-state index in [2.05, 4.69) is 30.6 Å². The highest BCUT2D eigenvalue weighted by molar-refractivity contribution is 7.98. The predicted octanol–water partition coefficient (Wildman–Crippen LogP) is 1.85. The van der Waals surface area contributed by atoms with Crippen molar-refractivity contribution < 1.29 is 4.79 Å². The number of rotatable bonds is 4. The summed E-state index contributed by atoms with van der Waals surface area (Å²) in [6, 6.07) is 4.22. The fraction of sp³-hybridized carbons (Fsp3) is 0.545. The minimum atomic E-state index is 0.0957. The lowest BCUT2D eigenvalue weighted by molar-refractivity contribution is -0.127. The van der Waals surface area contributed by atoms with Crippen LogP contribution >= 0.6 is 23.1 Å². The first-order valence-corrected chi connectivity index (χ1v) is 7.51. The molecule has 0 aliphatic carbocycles. The van der Waals surface area contributed by atoms with Crippen molar-refractivity contribution in [2.45, 2.75) is 13.1 Å². The highest BCUT2D eigenvalue weighted by Crippen LogP contribution is 2.28. The Labute approximate surface area is 104 Å². The molecule has 0 radical (unpaired) electrons. The number of thiophene rings is 1. The molecule has 5 heteroatoms. The molecule has 1 aromatic heterocycles. The summed E-state index contributed by atoms with van der Waals surface area (Å²) in [4.78, 5) is 16.2. The molecular weight excluding hydrogens is 240 g/mol. The van der Waals surface area contributed by atoms with Gasteiger partial charge in [0.25, 0.3) is 0 Å². The van der Waals surface area contributed by atoms with E-state index in [1.165, 1.54) is 9.75 Å². The van der Waals surface area contributed by atoms with Gasteiger partial charge in [-0.05, 0) is 25.3 Å². The van der Waals surface area contributed by atoms with Crippen LogP contribution in [0.25, 0.3) is 0 Å². The summed E-state index contributed by atoms with van der Waals surface area (Å²) in [5, 5.41) is 3.27. The van der Waals surface area contributed by atoms with Crippen LogP contribution in [0.15, 0.2) is 12.1 Å². The lowest BCUT2D eigenvalue weighted by Crippen LogP contribution is -2.31. The molecule has 1 N–H and O–H groups in total. The van der Waals surface area contributed by atoms with E-state index >= 15 is 0 Å². The zero-order valence-corrected chi connectivity index (χ0v) is 11.2. The van der Waals surface area contributed by atoms with E-state index in [4.69, 9.17) is 0 Å². The van der Waals surface area contributed by atoms with Gasteiger partial charge in [0.1, 0.15) is 6.17 Å². The lowest BCUT2D eigenvalue weighted by Gasteiger charge is -2.22. The van der Waals surface area contributed by atoms with Crippen LogP contribution in [0.1, 0.15) is 15.9 Å². The smallest absolute Gasteiger partial charge is 0.238 e. The molecule has 1 atom stereocenters. The molecule has 1 unspecified atom stereocenters. The van der Waals surface area contributed by atoms with Crippen molar-refractivity contribution in [1.29, 1.82) is 0 Å². The average molecular weight is 256 g/mol. The fourth-order valence-electron chi connectivity index (χ4n) is 1.84. The topological polar surface area (TPSA) is 32.3 Å². The molecule has 2 rings (SSSR count). The number of carbonyl (C=O) groups excluding carboxylic acids is 1. The Morgan fingerprint density at radius 3 is 3.06 bits per heavy atom. The summed E-state index contributed by atoms with van der Waals surface area (Å²) in [6.07, 6.45) is 2.16. The highest BCUT2D eigenvalue weighted by Gasteiger charge is 2.31. The second-order valence-corrected chi connectivity index (χ2v) is 6.12. The maximum atomic E-state index is 11.7. The second-order valence-electron chi connectivity index (χ2n) is 3.81. The Morgan fingerprint density at radius 1 is 1.62 bits per heavy atom. The number of carbonyl (C=O) groups is 1. The van der Waals surface area contributed by atoms with Gasteiger partial charge in [-0.2, -0.15) is 11.8 Å². The Kier molecular flexibility index (Phi) is 3.89. The van der Waals surface area contributed by atoms with Crippen molar-refractivity contribution in [2.24, 2.45) is 0 Å². The van der Waals surface area contributed by atoms with Crippen LogP contribution in [0.5, 0.6) is 0 Å². The zero-order chi connectivity index (χ0) is 11.5. The van der Waals surface area contributed by atoms with E-state index in [0.717, 1.165) is 12.3 Å². The third kappa shape index (κ3) is 2.42. The number of nitrogens with zero attached hydrogens (tertiary/aromatic N) is 1. The maximum absolute atomic E-state index is 11.7. The molecular formula is C11H16N2OS2. The van der Waals surface area contributed by atoms with Gasteiger partial charge in [-0.25, -0.2) is 0 Å². The van der Waals surface area contributed by atoms with Crippen LogP contribution in [0, 0.1) is 6.92 Å². The largest absolute Gasteiger partial charge is 0.320 e. The van der Waals surface area contributed by atoms with E-state index in [1.807, 2.05) is 4.90 Å². The number of hydrogen-bond acceptors (Lipinski definition) is 4. The minimum Gasteiger partial charge on any atom is -0.320 e. The van der Waals surface area contributed by atoms with Gasteiger partial charge < -0.3 is 4.90 Å². The third-order valence-electron chi connectivity index (χ3n) is 2.65. The Hall–Kier alpha value is -0.520. The molecule has 1 aliphatic heterocycles. The van der Waals surface area contributed by atoms with Crippen molar-refractivity contribution in [3.8, 4) is 0 Å². The van der Waals surface area contributed by atoms with Crippen LogP contribution in [0.3, 0.4) is 0 Å². The van der Waals surface area contributed by atoms with Crippen molar-refractivity contribution in [1.82, 2.24) is 10.2 Å². The summed E-state index contributed by atoms with van der Waals surface area (Å²) >= 11 is 3.54. The second kappa shape index (κ2) is 5.21. The monoisotopic (exact) mass is 256 g/mol. The number of aryl methyl sites for hydroxylation is 1. The first kappa shape index (κ1) is 12.0. The van der Waals surface area contributed by atoms with Crippen molar-refractivity contribution in [3.05, 3.63) is 21.9 Å². The molecule has 0 spiro atoms. The summed E-state index contributed by atoms with van der Waals surface area (Å²) in [7, 11) is 0. The lowest BCUT2D eigenvalue weighted by atomic mass is 10.3. The zero-order valence-electron chi connectivity index (χ0n) is 9.53. The van der Waals surface area contributed by atoms with Gasteiger partial charge in [0.15, 0.2) is 0 Å². The molecule has 0 saturated carbocycles. The Bertz CT molecular complexity index is 378. The molecule has 2 heterocycles. The molecule has 1 aliphatic rings. The van der Waals surface area contributed by atoms with Crippen molar-refractivity contribution >= 4 is 29.0 Å². The van der Waals surface area contributed by atoms with Gasteiger partial charge in [0, 0.05) is 22.1 Å². The molecule has 1 aromatic rings. The van der Waals surface area contributed by atoms with E-state index in [-0.39, 0.29) is 12.1 Å². The predicted molar refractivity (Wildman–Crippen MR) is 69.9 cm³/mol. The van der Waals surface area contributed by atoms with Gasteiger partial charge in [-0.1, -0.05) is 0 Å². The molecule has 88 valence electrons. The summed E-state index contributed by atoms with van der Waals surface area (Å²) in [5.74, 6) is 1.21. The first-order valence-electron chi connectivity index (χ1n) is 5.30. The summed E-state index contributed by atoms with van der Waals surface area (Å²) < 4.78 is 0. The number of hydrogen-bond donors (Lipinski definition) is 1. The quantitative estimate of drug-likeness (QED) is 0.892. The van der Waals surface area contributed by atoms with Gasteiger partial charge >= 0.3 is 0 Å². The van der Waals surface area contributed by atoms with Crippen molar-refractivity contribution in [3.63, 3.8) is 0 Å². The molecule has 0 bridgehead atoms. The van der Waals surface area contributed by atoms with E-state index < -0.39 is 0 Å². The molecule has 1 saturated heterocycles. The SMILES string of the molecule is CSCCN1C(=O)CNC1c1ccc(C)s1. The molecule has 3 nitrogen and oxygen atoms in total. The number of amides is 1. The van der Waals surface area contributed by atoms with Gasteiger partial charge in [0.2, 0.25) is 5.91 Å². The van der Waals surface area contributed by atoms with Crippen LogP contribution in [0.4, 0.5) is 0 Å². The van der Waals surface area contributed by atoms with Crippen LogP contribution in [-0.4, -0.2) is 35.9 Å². The highest BCUT2D eigenvalue weighted by atomic mass is 32.2. The van der Waals surface area contributed by atoms with Gasteiger partial charge in [0.05, 0.1) is 6.54 Å². The number of thioether (sulfide) groups is 1. The molecule has 1 fully saturated rings. The van der Waals surface area contributed by atoms with Crippen LogP contribution in [0.2, 0.25) is 0 Å². The third-order valence-corrected chi connectivity index (χ3v) is 4.29. The average Bonchev–Trinajstić information content (AvgIpc) is 2.82. The molecule has 0 aromatic carbocycles. The standard InChI is InChI=1S/C11H16N2OS2/c1-8-3-4-9(16-8)11-12-7-10(14)13(11)5-6-15-2/h3-4,11-12H,5-7H2,1-2H3.